The number of carbonyl (C=O) groups excluding carboxylic acids is 2. The number of nitrogens with zero attached hydrogens (tertiary/aromatic N) is 1. The van der Waals surface area contributed by atoms with E-state index in [1.54, 1.807) is 36.3 Å². The first kappa shape index (κ1) is 17.3. The van der Waals surface area contributed by atoms with E-state index in [-0.39, 0.29) is 17.4 Å². The second-order valence-electron chi connectivity index (χ2n) is 6.75. The number of likely N-dealkylation sites (tertiary alicyclic amines) is 1. The molecule has 0 bridgehead atoms. The summed E-state index contributed by atoms with van der Waals surface area (Å²) in [6, 6.07) is 6.98. The number of fused-ring (bicyclic) bond motifs is 1. The number of hydrogen-bond donors (Lipinski definition) is 2. The van der Waals surface area contributed by atoms with Gasteiger partial charge >= 0.3 is 6.03 Å². The minimum Gasteiger partial charge on any atom is -0.497 e. The predicted molar refractivity (Wildman–Crippen MR) is 96.4 cm³/mol. The maximum Gasteiger partial charge on any atom is 0.319 e. The number of piperidine rings is 1. The maximum atomic E-state index is 12.3. The molecule has 1 aromatic carbocycles. The van der Waals surface area contributed by atoms with Crippen molar-refractivity contribution in [1.82, 2.24) is 10.2 Å². The summed E-state index contributed by atoms with van der Waals surface area (Å²) < 4.78 is 5.11. The smallest absolute Gasteiger partial charge is 0.319 e. The topological polar surface area (TPSA) is 70.7 Å². The van der Waals surface area contributed by atoms with E-state index in [4.69, 9.17) is 4.74 Å². The molecule has 1 unspecified atom stereocenters. The van der Waals surface area contributed by atoms with E-state index in [9.17, 15) is 9.59 Å². The molecule has 134 valence electrons. The second kappa shape index (κ2) is 7.17. The van der Waals surface area contributed by atoms with Gasteiger partial charge in [-0.25, -0.2) is 4.79 Å². The summed E-state index contributed by atoms with van der Waals surface area (Å²) in [5, 5.41) is 5.83. The molecule has 6 heteroatoms. The average Bonchev–Trinajstić information content (AvgIpc) is 2.64. The molecule has 3 amide bonds. The lowest BCUT2D eigenvalue weighted by Gasteiger charge is -2.46. The van der Waals surface area contributed by atoms with Crippen LogP contribution < -0.4 is 15.4 Å². The Hall–Kier alpha value is -2.50. The van der Waals surface area contributed by atoms with Crippen molar-refractivity contribution in [3.63, 3.8) is 0 Å². The molecule has 1 fully saturated rings. The van der Waals surface area contributed by atoms with Gasteiger partial charge in [-0.1, -0.05) is 6.08 Å². The molecule has 1 atom stereocenters. The number of methoxy groups -OCH3 is 1. The van der Waals surface area contributed by atoms with Gasteiger partial charge in [-0.05, 0) is 49.9 Å². The third-order valence-corrected chi connectivity index (χ3v) is 5.23. The number of anilines is 1. The minimum atomic E-state index is -0.232. The van der Waals surface area contributed by atoms with E-state index in [1.165, 1.54) is 0 Å². The van der Waals surface area contributed by atoms with Crippen molar-refractivity contribution in [1.29, 1.82) is 0 Å². The van der Waals surface area contributed by atoms with Crippen molar-refractivity contribution >= 4 is 17.6 Å². The van der Waals surface area contributed by atoms with Crippen LogP contribution in [0.2, 0.25) is 0 Å². The first-order chi connectivity index (χ1) is 12.0. The van der Waals surface area contributed by atoms with Gasteiger partial charge in [0.1, 0.15) is 5.75 Å². The molecule has 0 aromatic heterocycles. The Balaban J connectivity index is 1.63. The monoisotopic (exact) mass is 343 g/mol. The van der Waals surface area contributed by atoms with Crippen LogP contribution >= 0.6 is 0 Å². The van der Waals surface area contributed by atoms with Crippen molar-refractivity contribution in [3.05, 3.63) is 36.0 Å². The highest BCUT2D eigenvalue weighted by Gasteiger charge is 2.43. The fourth-order valence-electron chi connectivity index (χ4n) is 3.78. The van der Waals surface area contributed by atoms with Gasteiger partial charge in [-0.3, -0.25) is 4.79 Å². The van der Waals surface area contributed by atoms with Gasteiger partial charge < -0.3 is 20.3 Å². The molecule has 1 saturated heterocycles. The number of ether oxygens (including phenoxy) is 1. The summed E-state index contributed by atoms with van der Waals surface area (Å²) >= 11 is 0. The van der Waals surface area contributed by atoms with Crippen LogP contribution in [0.5, 0.6) is 5.75 Å². The lowest BCUT2D eigenvalue weighted by Crippen LogP contribution is -2.49. The molecule has 1 aliphatic carbocycles. The highest BCUT2D eigenvalue weighted by atomic mass is 16.5. The van der Waals surface area contributed by atoms with Gasteiger partial charge in [0.2, 0.25) is 5.91 Å². The van der Waals surface area contributed by atoms with Crippen molar-refractivity contribution in [2.24, 2.45) is 5.41 Å². The molecule has 1 heterocycles. The average molecular weight is 343 g/mol. The number of carbonyl (C=O) groups is 2. The molecular weight excluding hydrogens is 318 g/mol. The number of rotatable bonds is 4. The molecule has 2 N–H and O–H groups in total. The van der Waals surface area contributed by atoms with Gasteiger partial charge in [0.05, 0.1) is 7.11 Å². The van der Waals surface area contributed by atoms with Crippen LogP contribution in [-0.4, -0.2) is 37.5 Å². The highest BCUT2D eigenvalue weighted by molar-refractivity contribution is 5.89. The van der Waals surface area contributed by atoms with Gasteiger partial charge in [0.25, 0.3) is 0 Å². The molecule has 6 nitrogen and oxygen atoms in total. The van der Waals surface area contributed by atoms with Gasteiger partial charge in [0, 0.05) is 36.8 Å². The zero-order valence-electron chi connectivity index (χ0n) is 14.8. The first-order valence-electron chi connectivity index (χ1n) is 8.70. The normalized spacial score (nSPS) is 22.7. The molecule has 2 aliphatic rings. The Morgan fingerprint density at radius 1 is 1.28 bits per heavy atom. The van der Waals surface area contributed by atoms with Crippen LogP contribution in [0.3, 0.4) is 0 Å². The molecule has 25 heavy (non-hydrogen) atoms. The Morgan fingerprint density at radius 2 is 2.04 bits per heavy atom. The zero-order chi connectivity index (χ0) is 17.9. The van der Waals surface area contributed by atoms with Crippen molar-refractivity contribution in [2.45, 2.75) is 32.1 Å². The molecule has 3 rings (SSSR count). The van der Waals surface area contributed by atoms with E-state index < -0.39 is 0 Å². The molecular formula is C19H25N3O3. The number of amides is 3. The molecule has 1 aromatic rings. The lowest BCUT2D eigenvalue weighted by atomic mass is 9.70. The Labute approximate surface area is 148 Å². The van der Waals surface area contributed by atoms with Crippen LogP contribution in [0.15, 0.2) is 36.0 Å². The summed E-state index contributed by atoms with van der Waals surface area (Å²) in [6.45, 7) is 0.540. The second-order valence-corrected chi connectivity index (χ2v) is 6.75. The number of hydrogen-bond acceptors (Lipinski definition) is 3. The van der Waals surface area contributed by atoms with Crippen molar-refractivity contribution < 1.29 is 14.3 Å². The van der Waals surface area contributed by atoms with E-state index in [1.807, 2.05) is 7.05 Å². The number of benzene rings is 1. The van der Waals surface area contributed by atoms with Crippen LogP contribution in [0, 0.1) is 5.41 Å². The Bertz CT molecular complexity index is 684. The summed E-state index contributed by atoms with van der Waals surface area (Å²) in [5.41, 5.74) is 1.66. The Kier molecular flexibility index (Phi) is 4.97. The van der Waals surface area contributed by atoms with Gasteiger partial charge in [-0.2, -0.15) is 0 Å². The summed E-state index contributed by atoms with van der Waals surface area (Å²) in [4.78, 5) is 26.0. The third-order valence-electron chi connectivity index (χ3n) is 5.23. The first-order valence-corrected chi connectivity index (χ1v) is 8.70. The van der Waals surface area contributed by atoms with Crippen molar-refractivity contribution in [2.75, 3.05) is 26.0 Å². The van der Waals surface area contributed by atoms with Crippen molar-refractivity contribution in [3.8, 4) is 5.75 Å². The summed E-state index contributed by atoms with van der Waals surface area (Å²) in [6.07, 6.45) is 6.57. The van der Waals surface area contributed by atoms with Crippen LogP contribution in [-0.2, 0) is 4.79 Å². The fourth-order valence-corrected chi connectivity index (χ4v) is 3.78. The SMILES string of the molecule is COc1ccc(NC(=O)NCC23CCCC=C2N(C)C(=O)CC3)cc1. The standard InChI is InChI=1S/C19H25N3O3/c1-22-16-5-3-4-11-19(16,12-10-17(22)23)13-20-18(24)21-14-6-8-15(25-2)9-7-14/h5-9H,3-4,10-13H2,1-2H3,(H2,20,21,24). The quantitative estimate of drug-likeness (QED) is 0.882. The van der Waals surface area contributed by atoms with Crippen LogP contribution in [0.1, 0.15) is 32.1 Å². The summed E-state index contributed by atoms with van der Waals surface area (Å²) in [7, 11) is 3.44. The summed E-state index contributed by atoms with van der Waals surface area (Å²) in [5.74, 6) is 0.906. The van der Waals surface area contributed by atoms with Gasteiger partial charge in [-0.15, -0.1) is 0 Å². The number of nitrogens with one attached hydrogen (secondary N) is 2. The van der Waals surface area contributed by atoms with E-state index in [0.29, 0.717) is 18.7 Å². The van der Waals surface area contributed by atoms with Crippen LogP contribution in [0.4, 0.5) is 10.5 Å². The predicted octanol–water partition coefficient (Wildman–Crippen LogP) is 3.12. The van der Waals surface area contributed by atoms with Crippen LogP contribution in [0.25, 0.3) is 0 Å². The zero-order valence-corrected chi connectivity index (χ0v) is 14.8. The largest absolute Gasteiger partial charge is 0.497 e. The molecule has 1 aliphatic heterocycles. The van der Waals surface area contributed by atoms with E-state index in [2.05, 4.69) is 16.7 Å². The van der Waals surface area contributed by atoms with E-state index in [0.717, 1.165) is 37.1 Å². The molecule has 0 saturated carbocycles. The third kappa shape index (κ3) is 3.62. The lowest BCUT2D eigenvalue weighted by molar-refractivity contribution is -0.132. The number of allylic oxidation sites excluding steroid dienone is 1. The maximum absolute atomic E-state index is 12.3. The highest BCUT2D eigenvalue weighted by Crippen LogP contribution is 2.45. The minimum absolute atomic E-state index is 0.127. The van der Waals surface area contributed by atoms with Gasteiger partial charge in [0.15, 0.2) is 0 Å². The Morgan fingerprint density at radius 3 is 2.76 bits per heavy atom. The number of urea groups is 1. The molecule has 0 spiro atoms. The van der Waals surface area contributed by atoms with E-state index >= 15 is 0 Å². The fraction of sp³-hybridized carbons (Fsp3) is 0.474. The molecule has 0 radical (unpaired) electrons.